The predicted octanol–water partition coefficient (Wildman–Crippen LogP) is 2.21. The molecule has 1 aromatic heterocycles. The Labute approximate surface area is 146 Å². The van der Waals surface area contributed by atoms with Crippen molar-refractivity contribution in [3.63, 3.8) is 0 Å². The maximum atomic E-state index is 12.9. The van der Waals surface area contributed by atoms with Gasteiger partial charge in [0.15, 0.2) is 5.82 Å². The largest absolute Gasteiger partial charge is 0.478 e. The van der Waals surface area contributed by atoms with Crippen molar-refractivity contribution in [1.82, 2.24) is 14.9 Å². The van der Waals surface area contributed by atoms with Gasteiger partial charge in [-0.3, -0.25) is 4.79 Å². The fourth-order valence-electron chi connectivity index (χ4n) is 3.63. The summed E-state index contributed by atoms with van der Waals surface area (Å²) in [6.07, 6.45) is 4.36. The minimum atomic E-state index is -2.64. The number of likely N-dealkylation sites (tertiary alicyclic amines) is 1. The van der Waals surface area contributed by atoms with E-state index in [1.165, 1.54) is 0 Å². The molecular weight excluding hydrogens is 330 g/mol. The van der Waals surface area contributed by atoms with Gasteiger partial charge in [-0.05, 0) is 18.8 Å². The molecule has 25 heavy (non-hydrogen) atoms. The van der Waals surface area contributed by atoms with Crippen molar-refractivity contribution in [2.45, 2.75) is 31.6 Å². The minimum absolute atomic E-state index is 0.103. The van der Waals surface area contributed by atoms with Gasteiger partial charge in [-0.2, -0.15) is 0 Å². The van der Waals surface area contributed by atoms with Crippen LogP contribution in [0.25, 0.3) is 0 Å². The van der Waals surface area contributed by atoms with Crippen LogP contribution in [0.5, 0.6) is 5.88 Å². The van der Waals surface area contributed by atoms with E-state index in [2.05, 4.69) is 9.97 Å². The number of hydrogen-bond acceptors (Lipinski definition) is 5. The number of hydrogen-bond donors (Lipinski definition) is 0. The molecule has 0 aromatic carbocycles. The molecule has 2 aliphatic rings. The molecule has 3 rings (SSSR count). The van der Waals surface area contributed by atoms with E-state index in [1.807, 2.05) is 11.9 Å². The number of halogens is 2. The first-order valence-corrected chi connectivity index (χ1v) is 8.62. The smallest absolute Gasteiger partial charge is 0.257 e. The van der Waals surface area contributed by atoms with Gasteiger partial charge in [0, 0.05) is 57.8 Å². The van der Waals surface area contributed by atoms with E-state index >= 15 is 0 Å². The molecule has 138 valence electrons. The Hall–Kier alpha value is -1.99. The number of amides is 1. The lowest BCUT2D eigenvalue weighted by atomic mass is 9.80. The Balaban J connectivity index is 1.48. The molecule has 2 fully saturated rings. The van der Waals surface area contributed by atoms with Crippen LogP contribution in [0.3, 0.4) is 0 Å². The summed E-state index contributed by atoms with van der Waals surface area (Å²) >= 11 is 0. The van der Waals surface area contributed by atoms with Crippen molar-refractivity contribution in [3.05, 3.63) is 12.4 Å². The summed E-state index contributed by atoms with van der Waals surface area (Å²) in [5.41, 5.74) is 0. The van der Waals surface area contributed by atoms with Gasteiger partial charge >= 0.3 is 0 Å². The first-order chi connectivity index (χ1) is 11.9. The number of aromatic nitrogens is 2. The summed E-state index contributed by atoms with van der Waals surface area (Å²) in [5.74, 6) is -1.63. The van der Waals surface area contributed by atoms with Crippen LogP contribution in [0.15, 0.2) is 12.4 Å². The lowest BCUT2D eigenvalue weighted by Gasteiger charge is -2.40. The normalized spacial score (nSPS) is 20.9. The van der Waals surface area contributed by atoms with Crippen LogP contribution in [0.4, 0.5) is 14.6 Å². The second-order valence-corrected chi connectivity index (χ2v) is 7.00. The minimum Gasteiger partial charge on any atom is -0.478 e. The van der Waals surface area contributed by atoms with Gasteiger partial charge in [0.2, 0.25) is 11.8 Å². The van der Waals surface area contributed by atoms with E-state index in [4.69, 9.17) is 4.74 Å². The molecule has 0 N–H and O–H groups in total. The predicted molar refractivity (Wildman–Crippen MR) is 88.8 cm³/mol. The van der Waals surface area contributed by atoms with Crippen molar-refractivity contribution in [2.75, 3.05) is 38.7 Å². The topological polar surface area (TPSA) is 58.6 Å². The van der Waals surface area contributed by atoms with Gasteiger partial charge in [-0.25, -0.2) is 18.7 Å². The lowest BCUT2D eigenvalue weighted by molar-refractivity contribution is -0.160. The number of ether oxygens (including phenoxy) is 1. The van der Waals surface area contributed by atoms with Crippen LogP contribution in [0.1, 0.15) is 25.7 Å². The summed E-state index contributed by atoms with van der Waals surface area (Å²) in [6, 6.07) is 0. The van der Waals surface area contributed by atoms with Gasteiger partial charge in [0.1, 0.15) is 0 Å². The fraction of sp³-hybridized carbons (Fsp3) is 0.706. The number of carbonyl (C=O) groups excluding carboxylic acids is 1. The van der Waals surface area contributed by atoms with E-state index in [-0.39, 0.29) is 18.7 Å². The van der Waals surface area contributed by atoms with E-state index < -0.39 is 11.8 Å². The first-order valence-electron chi connectivity index (χ1n) is 8.62. The molecule has 0 radical (unpaired) electrons. The Morgan fingerprint density at radius 2 is 1.96 bits per heavy atom. The average molecular weight is 354 g/mol. The monoisotopic (exact) mass is 354 g/mol. The summed E-state index contributed by atoms with van der Waals surface area (Å²) < 4.78 is 31.1. The zero-order valence-electron chi connectivity index (χ0n) is 14.6. The highest BCUT2D eigenvalue weighted by atomic mass is 19.3. The third-order valence-electron chi connectivity index (χ3n) is 5.10. The molecule has 1 amide bonds. The molecule has 0 bridgehead atoms. The quantitative estimate of drug-likeness (QED) is 0.811. The van der Waals surface area contributed by atoms with E-state index in [1.54, 1.807) is 24.4 Å². The van der Waals surface area contributed by atoms with Crippen molar-refractivity contribution in [1.29, 1.82) is 0 Å². The van der Waals surface area contributed by atoms with Crippen LogP contribution < -0.4 is 9.64 Å². The first kappa shape index (κ1) is 17.8. The second kappa shape index (κ2) is 7.09. The Morgan fingerprint density at radius 1 is 1.32 bits per heavy atom. The summed E-state index contributed by atoms with van der Waals surface area (Å²) in [6.45, 7) is 2.06. The van der Waals surface area contributed by atoms with Gasteiger partial charge in [0.05, 0.1) is 7.11 Å². The fourth-order valence-corrected chi connectivity index (χ4v) is 3.63. The molecule has 8 heteroatoms. The van der Waals surface area contributed by atoms with Crippen molar-refractivity contribution < 1.29 is 18.3 Å². The van der Waals surface area contributed by atoms with Crippen LogP contribution in [-0.2, 0) is 4.79 Å². The lowest BCUT2D eigenvalue weighted by Crippen LogP contribution is -2.49. The van der Waals surface area contributed by atoms with Crippen molar-refractivity contribution >= 4 is 11.7 Å². The molecule has 1 aliphatic carbocycles. The van der Waals surface area contributed by atoms with Crippen LogP contribution >= 0.6 is 0 Å². The molecule has 0 spiro atoms. The van der Waals surface area contributed by atoms with Gasteiger partial charge < -0.3 is 14.5 Å². The second-order valence-electron chi connectivity index (χ2n) is 7.00. The van der Waals surface area contributed by atoms with Crippen LogP contribution in [-0.4, -0.2) is 60.5 Å². The molecule has 1 aliphatic heterocycles. The molecule has 6 nitrogen and oxygen atoms in total. The maximum absolute atomic E-state index is 12.9. The Morgan fingerprint density at radius 3 is 2.56 bits per heavy atom. The van der Waals surface area contributed by atoms with Crippen LogP contribution in [0, 0.1) is 11.8 Å². The van der Waals surface area contributed by atoms with Crippen molar-refractivity contribution in [3.8, 4) is 5.88 Å². The average Bonchev–Trinajstić information content (AvgIpc) is 2.59. The van der Waals surface area contributed by atoms with E-state index in [9.17, 15) is 13.6 Å². The molecule has 0 atom stereocenters. The summed E-state index contributed by atoms with van der Waals surface area (Å²) in [5, 5.41) is 0. The van der Waals surface area contributed by atoms with Gasteiger partial charge in [-0.1, -0.05) is 0 Å². The number of carbonyl (C=O) groups is 1. The zero-order chi connectivity index (χ0) is 18.0. The maximum Gasteiger partial charge on any atom is 0.257 e. The molecule has 2 heterocycles. The Bertz CT molecular complexity index is 612. The van der Waals surface area contributed by atoms with E-state index in [0.717, 1.165) is 19.4 Å². The number of piperidine rings is 1. The highest BCUT2D eigenvalue weighted by Gasteiger charge is 2.49. The van der Waals surface area contributed by atoms with Crippen LogP contribution in [0.2, 0.25) is 0 Å². The number of rotatable bonds is 5. The van der Waals surface area contributed by atoms with Gasteiger partial charge in [0.25, 0.3) is 5.88 Å². The molecule has 0 unspecified atom stereocenters. The molecule has 1 aromatic rings. The molecule has 1 saturated carbocycles. The highest BCUT2D eigenvalue weighted by Crippen LogP contribution is 2.43. The molecular formula is C17H24F2N4O2. The summed E-state index contributed by atoms with van der Waals surface area (Å²) in [4.78, 5) is 24.5. The SMILES string of the molecule is COc1nccnc1N(C)CC1CCN(C(=O)C2CC(F)(F)C2)CC1. The third-order valence-corrected chi connectivity index (χ3v) is 5.10. The Kier molecular flexibility index (Phi) is 5.06. The van der Waals surface area contributed by atoms with E-state index in [0.29, 0.717) is 30.7 Å². The summed E-state index contributed by atoms with van der Waals surface area (Å²) in [7, 11) is 3.51. The number of methoxy groups -OCH3 is 1. The highest BCUT2D eigenvalue weighted by molar-refractivity contribution is 5.80. The number of nitrogens with zero attached hydrogens (tertiary/aromatic N) is 4. The third kappa shape index (κ3) is 3.99. The van der Waals surface area contributed by atoms with Crippen molar-refractivity contribution in [2.24, 2.45) is 11.8 Å². The number of anilines is 1. The molecule has 1 saturated heterocycles. The zero-order valence-corrected chi connectivity index (χ0v) is 14.6. The number of alkyl halides is 2. The standard InChI is InChI=1S/C17H24F2N4O2/c1-22(14-15(25-2)21-6-5-20-14)11-12-3-7-23(8-4-12)16(24)13-9-17(18,19)10-13/h5-6,12-13H,3-4,7-11H2,1-2H3. The van der Waals surface area contributed by atoms with Gasteiger partial charge in [-0.15, -0.1) is 0 Å².